The van der Waals surface area contributed by atoms with Crippen LogP contribution in [0.4, 0.5) is 13.2 Å². The molecule has 0 bridgehead atoms. The lowest BCUT2D eigenvalue weighted by Crippen LogP contribution is -2.17. The number of rotatable bonds is 2. The molecule has 0 amide bonds. The Balaban J connectivity index is 1.95. The number of halogens is 3. The van der Waals surface area contributed by atoms with Gasteiger partial charge in [-0.15, -0.1) is 13.2 Å². The number of ether oxygens (including phenoxy) is 1. The van der Waals surface area contributed by atoms with Crippen LogP contribution in [0.1, 0.15) is 28.8 Å². The first kappa shape index (κ1) is 14.6. The van der Waals surface area contributed by atoms with Gasteiger partial charge < -0.3 is 4.74 Å². The standard InChI is InChI=1S/C17H13F3O2/c18-17(19,20)22-12-9-7-11(8-10-12)13-3-1-5-15-14(13)4-2-6-16(15)21/h1,3,5,7-10H,2,4,6H2. The number of benzene rings is 2. The van der Waals surface area contributed by atoms with E-state index in [4.69, 9.17) is 0 Å². The largest absolute Gasteiger partial charge is 0.573 e. The van der Waals surface area contributed by atoms with Crippen molar-refractivity contribution >= 4 is 5.78 Å². The minimum Gasteiger partial charge on any atom is -0.406 e. The van der Waals surface area contributed by atoms with E-state index in [0.29, 0.717) is 6.42 Å². The van der Waals surface area contributed by atoms with Crippen LogP contribution in [0.3, 0.4) is 0 Å². The highest BCUT2D eigenvalue weighted by atomic mass is 19.4. The summed E-state index contributed by atoms with van der Waals surface area (Å²) in [5, 5.41) is 0. The monoisotopic (exact) mass is 306 g/mol. The molecule has 0 N–H and O–H groups in total. The Morgan fingerprint density at radius 1 is 0.909 bits per heavy atom. The van der Waals surface area contributed by atoms with Crippen LogP contribution >= 0.6 is 0 Å². The summed E-state index contributed by atoms with van der Waals surface area (Å²) < 4.78 is 40.4. The van der Waals surface area contributed by atoms with Gasteiger partial charge in [-0.05, 0) is 41.7 Å². The van der Waals surface area contributed by atoms with Crippen molar-refractivity contribution in [2.75, 3.05) is 0 Å². The lowest BCUT2D eigenvalue weighted by Gasteiger charge is -2.18. The smallest absolute Gasteiger partial charge is 0.406 e. The Morgan fingerprint density at radius 3 is 2.27 bits per heavy atom. The van der Waals surface area contributed by atoms with E-state index in [1.165, 1.54) is 12.1 Å². The van der Waals surface area contributed by atoms with Gasteiger partial charge in [0.1, 0.15) is 5.75 Å². The molecule has 22 heavy (non-hydrogen) atoms. The van der Waals surface area contributed by atoms with Crippen molar-refractivity contribution < 1.29 is 22.7 Å². The van der Waals surface area contributed by atoms with Crippen LogP contribution < -0.4 is 4.74 Å². The van der Waals surface area contributed by atoms with Gasteiger partial charge in [-0.25, -0.2) is 0 Å². The van der Waals surface area contributed by atoms with Gasteiger partial charge in [0.2, 0.25) is 0 Å². The molecule has 0 radical (unpaired) electrons. The van der Waals surface area contributed by atoms with Crippen LogP contribution in [0.15, 0.2) is 42.5 Å². The van der Waals surface area contributed by atoms with Crippen molar-refractivity contribution in [1.82, 2.24) is 0 Å². The molecule has 2 nitrogen and oxygen atoms in total. The Hall–Kier alpha value is -2.30. The molecule has 0 saturated carbocycles. The molecule has 0 fully saturated rings. The molecule has 0 saturated heterocycles. The normalized spacial score (nSPS) is 14.6. The molecule has 114 valence electrons. The molecule has 0 spiro atoms. The summed E-state index contributed by atoms with van der Waals surface area (Å²) in [6, 6.07) is 11.2. The first-order valence-corrected chi connectivity index (χ1v) is 6.95. The van der Waals surface area contributed by atoms with Crippen molar-refractivity contribution in [3.63, 3.8) is 0 Å². The number of hydrogen-bond acceptors (Lipinski definition) is 2. The number of fused-ring (bicyclic) bond motifs is 1. The van der Waals surface area contributed by atoms with E-state index >= 15 is 0 Å². The second-order valence-electron chi connectivity index (χ2n) is 5.18. The summed E-state index contributed by atoms with van der Waals surface area (Å²) in [5.74, 6) is -0.128. The first-order chi connectivity index (χ1) is 10.4. The SMILES string of the molecule is O=C1CCCc2c1cccc2-c1ccc(OC(F)(F)F)cc1. The van der Waals surface area contributed by atoms with E-state index in [1.54, 1.807) is 18.2 Å². The number of ketones is 1. The van der Waals surface area contributed by atoms with Crippen LogP contribution in [-0.2, 0) is 6.42 Å². The molecule has 2 aromatic carbocycles. The highest BCUT2D eigenvalue weighted by Crippen LogP contribution is 2.33. The zero-order valence-electron chi connectivity index (χ0n) is 11.6. The van der Waals surface area contributed by atoms with Gasteiger partial charge in [-0.3, -0.25) is 4.79 Å². The second-order valence-corrected chi connectivity index (χ2v) is 5.18. The predicted octanol–water partition coefficient (Wildman–Crippen LogP) is 4.77. The van der Waals surface area contributed by atoms with E-state index in [0.717, 1.165) is 35.1 Å². The second kappa shape index (κ2) is 5.48. The number of carbonyl (C=O) groups is 1. The predicted molar refractivity (Wildman–Crippen MR) is 75.8 cm³/mol. The molecule has 0 atom stereocenters. The highest BCUT2D eigenvalue weighted by molar-refractivity contribution is 6.00. The van der Waals surface area contributed by atoms with Crippen LogP contribution in [-0.4, -0.2) is 12.1 Å². The van der Waals surface area contributed by atoms with Gasteiger partial charge in [0.25, 0.3) is 0 Å². The lowest BCUT2D eigenvalue weighted by molar-refractivity contribution is -0.274. The number of carbonyl (C=O) groups excluding carboxylic acids is 1. The van der Waals surface area contributed by atoms with Crippen molar-refractivity contribution in [3.05, 3.63) is 53.6 Å². The summed E-state index contributed by atoms with van der Waals surface area (Å²) in [7, 11) is 0. The molecule has 0 heterocycles. The minimum atomic E-state index is -4.69. The fourth-order valence-corrected chi connectivity index (χ4v) is 2.78. The van der Waals surface area contributed by atoms with Gasteiger partial charge in [-0.1, -0.05) is 30.3 Å². The maximum Gasteiger partial charge on any atom is 0.573 e. The average molecular weight is 306 g/mol. The van der Waals surface area contributed by atoms with Crippen molar-refractivity contribution in [2.24, 2.45) is 0 Å². The summed E-state index contributed by atoms with van der Waals surface area (Å²) in [4.78, 5) is 11.9. The van der Waals surface area contributed by atoms with Crippen LogP contribution in [0, 0.1) is 0 Å². The van der Waals surface area contributed by atoms with Crippen molar-refractivity contribution in [1.29, 1.82) is 0 Å². The van der Waals surface area contributed by atoms with Gasteiger partial charge in [-0.2, -0.15) is 0 Å². The summed E-state index contributed by atoms with van der Waals surface area (Å²) in [6.07, 6.45) is -2.54. The number of alkyl halides is 3. The topological polar surface area (TPSA) is 26.3 Å². The molecular weight excluding hydrogens is 293 g/mol. The van der Waals surface area contributed by atoms with Crippen LogP contribution in [0.2, 0.25) is 0 Å². The maximum atomic E-state index is 12.2. The fraction of sp³-hybridized carbons (Fsp3) is 0.235. The van der Waals surface area contributed by atoms with E-state index < -0.39 is 6.36 Å². The molecule has 2 aromatic rings. The first-order valence-electron chi connectivity index (χ1n) is 6.95. The molecule has 5 heteroatoms. The van der Waals surface area contributed by atoms with Crippen molar-refractivity contribution in [3.8, 4) is 16.9 Å². The fourth-order valence-electron chi connectivity index (χ4n) is 2.78. The van der Waals surface area contributed by atoms with Crippen LogP contribution in [0.5, 0.6) is 5.75 Å². The van der Waals surface area contributed by atoms with Crippen LogP contribution in [0.25, 0.3) is 11.1 Å². The number of hydrogen-bond donors (Lipinski definition) is 0. The van der Waals surface area contributed by atoms with Gasteiger partial charge >= 0.3 is 6.36 Å². The summed E-state index contributed by atoms with van der Waals surface area (Å²) in [6.45, 7) is 0. The Morgan fingerprint density at radius 2 is 1.59 bits per heavy atom. The molecule has 0 unspecified atom stereocenters. The summed E-state index contributed by atoms with van der Waals surface area (Å²) >= 11 is 0. The summed E-state index contributed by atoms with van der Waals surface area (Å²) in [5.41, 5.74) is 3.37. The maximum absolute atomic E-state index is 12.2. The number of Topliss-reactive ketones (excluding diaryl/α,β-unsaturated/α-hetero) is 1. The zero-order chi connectivity index (χ0) is 15.7. The zero-order valence-corrected chi connectivity index (χ0v) is 11.6. The van der Waals surface area contributed by atoms with E-state index in [2.05, 4.69) is 4.74 Å². The van der Waals surface area contributed by atoms with Gasteiger partial charge in [0.15, 0.2) is 5.78 Å². The quantitative estimate of drug-likeness (QED) is 0.798. The van der Waals surface area contributed by atoms with E-state index in [9.17, 15) is 18.0 Å². The Bertz CT molecular complexity index is 703. The minimum absolute atomic E-state index is 0.125. The molecule has 1 aliphatic rings. The average Bonchev–Trinajstić information content (AvgIpc) is 2.46. The third-order valence-corrected chi connectivity index (χ3v) is 3.71. The third-order valence-electron chi connectivity index (χ3n) is 3.71. The van der Waals surface area contributed by atoms with Gasteiger partial charge in [0, 0.05) is 12.0 Å². The Kier molecular flexibility index (Phi) is 3.64. The molecule has 0 aliphatic heterocycles. The van der Waals surface area contributed by atoms with E-state index in [-0.39, 0.29) is 11.5 Å². The third kappa shape index (κ3) is 2.98. The highest BCUT2D eigenvalue weighted by Gasteiger charge is 2.31. The molecule has 0 aromatic heterocycles. The van der Waals surface area contributed by atoms with Crippen molar-refractivity contribution in [2.45, 2.75) is 25.6 Å². The molecule has 3 rings (SSSR count). The molecule has 1 aliphatic carbocycles. The Labute approximate surface area is 125 Å². The molecular formula is C17H13F3O2. The lowest BCUT2D eigenvalue weighted by atomic mass is 9.85. The van der Waals surface area contributed by atoms with E-state index in [1.807, 2.05) is 12.1 Å². The van der Waals surface area contributed by atoms with Gasteiger partial charge in [0.05, 0.1) is 0 Å².